The van der Waals surface area contributed by atoms with Crippen molar-refractivity contribution in [1.29, 1.82) is 0 Å². The van der Waals surface area contributed by atoms with Crippen LogP contribution in [-0.2, 0) is 4.74 Å². The summed E-state index contributed by atoms with van der Waals surface area (Å²) in [5, 5.41) is 0.914. The number of hydrogen-bond donors (Lipinski definition) is 1. The lowest BCUT2D eigenvalue weighted by Crippen LogP contribution is -2.07. The quantitative estimate of drug-likeness (QED) is 0.665. The van der Waals surface area contributed by atoms with Crippen molar-refractivity contribution >= 4 is 46.6 Å². The minimum atomic E-state index is -0.545. The number of aromatic nitrogens is 1. The first-order valence-corrected chi connectivity index (χ1v) is 6.56. The molecular weight excluding hydrogens is 323 g/mol. The van der Waals surface area contributed by atoms with E-state index < -0.39 is 5.97 Å². The third-order valence-corrected chi connectivity index (χ3v) is 3.70. The second kappa shape index (κ2) is 5.87. The molecule has 2 rings (SSSR count). The molecule has 1 aromatic carbocycles. The van der Waals surface area contributed by atoms with E-state index in [2.05, 4.69) is 4.98 Å². The van der Waals surface area contributed by atoms with Crippen LogP contribution in [0.5, 0.6) is 0 Å². The smallest absolute Gasteiger partial charge is 0.338 e. The number of benzene rings is 1. The average molecular weight is 332 g/mol. The number of carbonyl (C=O) groups is 1. The van der Waals surface area contributed by atoms with E-state index in [0.29, 0.717) is 26.2 Å². The highest BCUT2D eigenvalue weighted by atomic mass is 35.5. The topological polar surface area (TPSA) is 65.2 Å². The molecule has 104 valence electrons. The highest BCUT2D eigenvalue weighted by Crippen LogP contribution is 2.38. The molecule has 20 heavy (non-hydrogen) atoms. The zero-order valence-corrected chi connectivity index (χ0v) is 12.6. The Balaban J connectivity index is 2.75. The van der Waals surface area contributed by atoms with Gasteiger partial charge in [-0.2, -0.15) is 0 Å². The molecule has 2 aromatic rings. The van der Waals surface area contributed by atoms with Crippen LogP contribution in [0.4, 0.5) is 5.82 Å². The van der Waals surface area contributed by atoms with Gasteiger partial charge in [-0.3, -0.25) is 0 Å². The van der Waals surface area contributed by atoms with Crippen molar-refractivity contribution < 1.29 is 9.53 Å². The molecule has 0 saturated carbocycles. The molecule has 0 spiro atoms. The lowest BCUT2D eigenvalue weighted by molar-refractivity contribution is 0.0601. The molecule has 0 radical (unpaired) electrons. The van der Waals surface area contributed by atoms with E-state index in [0.717, 1.165) is 0 Å². The number of nitrogens with two attached hydrogens (primary N) is 1. The van der Waals surface area contributed by atoms with Crippen LogP contribution in [0.25, 0.3) is 11.1 Å². The number of pyridine rings is 1. The maximum Gasteiger partial charge on any atom is 0.338 e. The lowest BCUT2D eigenvalue weighted by Gasteiger charge is -2.12. The molecule has 0 unspecified atom stereocenters. The van der Waals surface area contributed by atoms with Gasteiger partial charge in [-0.05, 0) is 18.2 Å². The van der Waals surface area contributed by atoms with Gasteiger partial charge in [-0.1, -0.05) is 34.8 Å². The van der Waals surface area contributed by atoms with Gasteiger partial charge in [0.2, 0.25) is 0 Å². The van der Waals surface area contributed by atoms with Gasteiger partial charge in [-0.15, -0.1) is 0 Å². The van der Waals surface area contributed by atoms with Crippen LogP contribution < -0.4 is 5.73 Å². The van der Waals surface area contributed by atoms with E-state index in [9.17, 15) is 4.79 Å². The highest BCUT2D eigenvalue weighted by Gasteiger charge is 2.20. The van der Waals surface area contributed by atoms with E-state index >= 15 is 0 Å². The molecule has 0 bridgehead atoms. The van der Waals surface area contributed by atoms with Crippen molar-refractivity contribution in [3.63, 3.8) is 0 Å². The first-order valence-electron chi connectivity index (χ1n) is 5.43. The van der Waals surface area contributed by atoms with Crippen LogP contribution in [0.2, 0.25) is 15.1 Å². The Bertz CT molecular complexity index is 690. The summed E-state index contributed by atoms with van der Waals surface area (Å²) < 4.78 is 4.72. The molecule has 0 amide bonds. The number of ether oxygens (including phenoxy) is 1. The molecule has 0 aliphatic rings. The number of hydrogen-bond acceptors (Lipinski definition) is 4. The largest absolute Gasteiger partial charge is 0.465 e. The van der Waals surface area contributed by atoms with Gasteiger partial charge >= 0.3 is 5.97 Å². The van der Waals surface area contributed by atoms with Gasteiger partial charge in [0.25, 0.3) is 0 Å². The van der Waals surface area contributed by atoms with Crippen LogP contribution in [-0.4, -0.2) is 18.1 Å². The average Bonchev–Trinajstić information content (AvgIpc) is 2.42. The Morgan fingerprint density at radius 1 is 1.20 bits per heavy atom. The van der Waals surface area contributed by atoms with Crippen molar-refractivity contribution in [2.24, 2.45) is 0 Å². The highest BCUT2D eigenvalue weighted by molar-refractivity contribution is 6.44. The predicted octanol–water partition coefficient (Wildman–Crippen LogP) is 4.08. The van der Waals surface area contributed by atoms with Crippen LogP contribution in [0.15, 0.2) is 24.4 Å². The van der Waals surface area contributed by atoms with E-state index in [1.165, 1.54) is 31.5 Å². The summed E-state index contributed by atoms with van der Waals surface area (Å²) >= 11 is 18.0. The predicted molar refractivity (Wildman–Crippen MR) is 80.5 cm³/mol. The number of methoxy groups -OCH3 is 1. The van der Waals surface area contributed by atoms with E-state index in [-0.39, 0.29) is 11.4 Å². The molecule has 4 nitrogen and oxygen atoms in total. The van der Waals surface area contributed by atoms with Gasteiger partial charge in [0.1, 0.15) is 5.82 Å². The van der Waals surface area contributed by atoms with Gasteiger partial charge in [0, 0.05) is 17.3 Å². The maximum absolute atomic E-state index is 11.8. The second-order valence-electron chi connectivity index (χ2n) is 3.86. The van der Waals surface area contributed by atoms with Crippen LogP contribution in [0, 0.1) is 0 Å². The third-order valence-electron chi connectivity index (χ3n) is 2.66. The van der Waals surface area contributed by atoms with E-state index in [1.807, 2.05) is 0 Å². The van der Waals surface area contributed by atoms with Crippen LogP contribution in [0.1, 0.15) is 10.4 Å². The van der Waals surface area contributed by atoms with E-state index in [1.54, 1.807) is 0 Å². The maximum atomic E-state index is 11.8. The van der Waals surface area contributed by atoms with Crippen molar-refractivity contribution in [2.75, 3.05) is 12.8 Å². The number of nitrogen functional groups attached to an aromatic ring is 1. The summed E-state index contributed by atoms with van der Waals surface area (Å²) in [6.45, 7) is 0. The number of halogens is 3. The fourth-order valence-corrected chi connectivity index (χ4v) is 2.40. The summed E-state index contributed by atoms with van der Waals surface area (Å²) in [5.41, 5.74) is 6.93. The van der Waals surface area contributed by atoms with Crippen molar-refractivity contribution in [1.82, 2.24) is 4.98 Å². The van der Waals surface area contributed by atoms with Crippen LogP contribution >= 0.6 is 34.8 Å². The van der Waals surface area contributed by atoms with Crippen LogP contribution in [0.3, 0.4) is 0 Å². The number of esters is 1. The number of rotatable bonds is 2. The lowest BCUT2D eigenvalue weighted by atomic mass is 10.0. The van der Waals surface area contributed by atoms with Gasteiger partial charge < -0.3 is 10.5 Å². The molecule has 0 aliphatic carbocycles. The Kier molecular flexibility index (Phi) is 4.38. The Morgan fingerprint density at radius 3 is 2.50 bits per heavy atom. The second-order valence-corrected chi connectivity index (χ2v) is 5.08. The zero-order valence-electron chi connectivity index (χ0n) is 10.3. The SMILES string of the molecule is COC(=O)c1ccnc(N)c1-c1cc(Cl)c(Cl)cc1Cl. The summed E-state index contributed by atoms with van der Waals surface area (Å²) in [6, 6.07) is 4.51. The fourth-order valence-electron chi connectivity index (χ4n) is 1.76. The minimum Gasteiger partial charge on any atom is -0.465 e. The first-order chi connectivity index (χ1) is 9.45. The van der Waals surface area contributed by atoms with Gasteiger partial charge in [-0.25, -0.2) is 9.78 Å². The summed E-state index contributed by atoms with van der Waals surface area (Å²) in [6.07, 6.45) is 1.41. The molecule has 0 atom stereocenters. The van der Waals surface area contributed by atoms with E-state index in [4.69, 9.17) is 45.3 Å². The molecule has 2 N–H and O–H groups in total. The summed E-state index contributed by atoms with van der Waals surface area (Å²) in [7, 11) is 1.28. The number of anilines is 1. The summed E-state index contributed by atoms with van der Waals surface area (Å²) in [5.74, 6) is -0.399. The molecule has 0 aliphatic heterocycles. The minimum absolute atomic E-state index is 0.146. The molecule has 1 aromatic heterocycles. The Labute approximate surface area is 130 Å². The summed E-state index contributed by atoms with van der Waals surface area (Å²) in [4.78, 5) is 15.8. The Morgan fingerprint density at radius 2 is 1.85 bits per heavy atom. The molecule has 1 heterocycles. The first kappa shape index (κ1) is 14.9. The fraction of sp³-hybridized carbons (Fsp3) is 0.0769. The van der Waals surface area contributed by atoms with Gasteiger partial charge in [0.05, 0.1) is 27.7 Å². The third kappa shape index (κ3) is 2.68. The zero-order chi connectivity index (χ0) is 14.9. The number of nitrogens with zero attached hydrogens (tertiary/aromatic N) is 1. The monoisotopic (exact) mass is 330 g/mol. The molecule has 7 heteroatoms. The van der Waals surface area contributed by atoms with Crippen molar-refractivity contribution in [3.8, 4) is 11.1 Å². The molecule has 0 fully saturated rings. The molecule has 0 saturated heterocycles. The van der Waals surface area contributed by atoms with Gasteiger partial charge in [0.15, 0.2) is 0 Å². The Hall–Kier alpha value is -1.49. The number of carbonyl (C=O) groups excluding carboxylic acids is 1. The van der Waals surface area contributed by atoms with Crippen molar-refractivity contribution in [2.45, 2.75) is 0 Å². The standard InChI is InChI=1S/C13H9Cl3N2O2/c1-20-13(19)6-2-3-18-12(17)11(6)7-4-9(15)10(16)5-8(7)14/h2-5H,1H3,(H2,17,18). The normalized spacial score (nSPS) is 10.4. The van der Waals surface area contributed by atoms with Crippen molar-refractivity contribution in [3.05, 3.63) is 45.0 Å². The molecular formula is C13H9Cl3N2O2.